The van der Waals surface area contributed by atoms with Crippen molar-refractivity contribution in [3.63, 3.8) is 0 Å². The molecule has 0 unspecified atom stereocenters. The highest BCUT2D eigenvalue weighted by Crippen LogP contribution is 2.17. The predicted octanol–water partition coefficient (Wildman–Crippen LogP) is 2.55. The molecule has 6 nitrogen and oxygen atoms in total. The van der Waals surface area contributed by atoms with Crippen LogP contribution >= 0.6 is 0 Å². The van der Waals surface area contributed by atoms with Gasteiger partial charge in [0.05, 0.1) is 12.4 Å². The fraction of sp³-hybridized carbons (Fsp3) is 0.400. The van der Waals surface area contributed by atoms with Crippen LogP contribution in [0.25, 0.3) is 6.08 Å². The summed E-state index contributed by atoms with van der Waals surface area (Å²) in [5, 5.41) is 8.94. The van der Waals surface area contributed by atoms with Gasteiger partial charge in [-0.1, -0.05) is 30.4 Å². The molecular formula is C20H28N2O4S. The van der Waals surface area contributed by atoms with E-state index in [4.69, 9.17) is 9.66 Å². The van der Waals surface area contributed by atoms with E-state index in [1.165, 1.54) is 0 Å². The zero-order chi connectivity index (χ0) is 19.7. The Balaban J connectivity index is 1.81. The van der Waals surface area contributed by atoms with Gasteiger partial charge in [-0.2, -0.15) is 8.42 Å². The van der Waals surface area contributed by atoms with Crippen LogP contribution in [0.1, 0.15) is 18.4 Å². The number of rotatable bonds is 10. The number of aliphatic hydroxyl groups is 1. The van der Waals surface area contributed by atoms with Crippen molar-refractivity contribution in [1.82, 2.24) is 4.90 Å². The summed E-state index contributed by atoms with van der Waals surface area (Å²) in [5.41, 5.74) is 3.31. The summed E-state index contributed by atoms with van der Waals surface area (Å²) in [4.78, 5) is 4.12. The molecule has 0 saturated heterocycles. The minimum Gasteiger partial charge on any atom is -0.395 e. The smallest absolute Gasteiger partial charge is 0.264 e. The standard InChI is InChI=1S/C20H28N2O4S/c1-21(12-2-3-17-27(24,25)26)20-8-6-18(7-9-20)4-5-19-10-13-22(14-11-19)15-16-23/h4-11,13,23H,2-3,12,14-17H2,1H3,(H,24,25,26). The van der Waals surface area contributed by atoms with Crippen molar-refractivity contribution in [1.29, 1.82) is 0 Å². The Hall–Kier alpha value is -2.09. The number of allylic oxidation sites excluding steroid dienone is 3. The van der Waals surface area contributed by atoms with E-state index in [2.05, 4.69) is 28.0 Å². The lowest BCUT2D eigenvalue weighted by Gasteiger charge is -2.20. The third-order valence-corrected chi connectivity index (χ3v) is 5.18. The van der Waals surface area contributed by atoms with E-state index in [0.29, 0.717) is 19.4 Å². The fourth-order valence-corrected chi connectivity index (χ4v) is 3.32. The van der Waals surface area contributed by atoms with Gasteiger partial charge in [0.2, 0.25) is 0 Å². The van der Waals surface area contributed by atoms with E-state index in [1.807, 2.05) is 43.6 Å². The second-order valence-electron chi connectivity index (χ2n) is 6.58. The second kappa shape index (κ2) is 10.3. The van der Waals surface area contributed by atoms with Gasteiger partial charge < -0.3 is 14.9 Å². The number of hydrogen-bond donors (Lipinski definition) is 2. The van der Waals surface area contributed by atoms with Crippen LogP contribution < -0.4 is 4.90 Å². The van der Waals surface area contributed by atoms with Crippen LogP contribution in [-0.2, 0) is 10.1 Å². The van der Waals surface area contributed by atoms with Gasteiger partial charge >= 0.3 is 0 Å². The molecule has 148 valence electrons. The molecule has 0 aromatic heterocycles. The van der Waals surface area contributed by atoms with E-state index < -0.39 is 10.1 Å². The summed E-state index contributed by atoms with van der Waals surface area (Å²) in [6.45, 7) is 2.34. The summed E-state index contributed by atoms with van der Waals surface area (Å²) in [6, 6.07) is 8.17. The molecule has 1 aromatic rings. The molecule has 27 heavy (non-hydrogen) atoms. The SMILES string of the molecule is CN(CCCCS(=O)(=O)O)c1ccc(C=CC2=CCN(CCO)C=C2)cc1. The summed E-state index contributed by atoms with van der Waals surface area (Å²) < 4.78 is 30.2. The monoisotopic (exact) mass is 392 g/mol. The molecule has 0 bridgehead atoms. The Morgan fingerprint density at radius 1 is 1.19 bits per heavy atom. The first-order valence-electron chi connectivity index (χ1n) is 9.05. The molecule has 0 amide bonds. The Labute approximate surface area is 161 Å². The van der Waals surface area contributed by atoms with Crippen LogP contribution in [0.3, 0.4) is 0 Å². The number of anilines is 1. The Bertz CT molecular complexity index is 783. The summed E-state index contributed by atoms with van der Waals surface area (Å²) in [5.74, 6) is -0.188. The molecule has 2 N–H and O–H groups in total. The maximum atomic E-state index is 10.7. The van der Waals surface area contributed by atoms with Gasteiger partial charge in [-0.05, 0) is 42.2 Å². The average Bonchev–Trinajstić information content (AvgIpc) is 2.64. The highest BCUT2D eigenvalue weighted by Gasteiger charge is 2.05. The molecule has 7 heteroatoms. The van der Waals surface area contributed by atoms with E-state index in [-0.39, 0.29) is 12.4 Å². The zero-order valence-electron chi connectivity index (χ0n) is 15.7. The third-order valence-electron chi connectivity index (χ3n) is 4.37. The normalized spacial score (nSPS) is 14.6. The maximum absolute atomic E-state index is 10.7. The molecule has 1 aliphatic heterocycles. The minimum absolute atomic E-state index is 0.157. The fourth-order valence-electron chi connectivity index (χ4n) is 2.76. The molecular weight excluding hydrogens is 364 g/mol. The Kier molecular flexibility index (Phi) is 8.09. The van der Waals surface area contributed by atoms with Crippen LogP contribution in [0, 0.1) is 0 Å². The zero-order valence-corrected chi connectivity index (χ0v) is 16.5. The van der Waals surface area contributed by atoms with Crippen molar-refractivity contribution in [3.05, 3.63) is 59.8 Å². The summed E-state index contributed by atoms with van der Waals surface area (Å²) >= 11 is 0. The van der Waals surface area contributed by atoms with Gasteiger partial charge in [-0.25, -0.2) is 0 Å². The van der Waals surface area contributed by atoms with Crippen molar-refractivity contribution >= 4 is 21.9 Å². The molecule has 1 aromatic carbocycles. The lowest BCUT2D eigenvalue weighted by atomic mass is 10.1. The van der Waals surface area contributed by atoms with Gasteiger partial charge in [0.25, 0.3) is 10.1 Å². The second-order valence-corrected chi connectivity index (χ2v) is 8.15. The third kappa shape index (κ3) is 7.99. The van der Waals surface area contributed by atoms with Crippen molar-refractivity contribution < 1.29 is 18.1 Å². The first-order chi connectivity index (χ1) is 12.9. The molecule has 0 spiro atoms. The summed E-state index contributed by atoms with van der Waals surface area (Å²) in [7, 11) is -1.90. The van der Waals surface area contributed by atoms with Crippen LogP contribution in [0.2, 0.25) is 0 Å². The van der Waals surface area contributed by atoms with Crippen LogP contribution in [-0.4, -0.2) is 62.0 Å². The molecule has 0 radical (unpaired) electrons. The van der Waals surface area contributed by atoms with Gasteiger partial charge in [0.1, 0.15) is 0 Å². The lowest BCUT2D eigenvalue weighted by Crippen LogP contribution is -2.23. The Morgan fingerprint density at radius 3 is 2.52 bits per heavy atom. The van der Waals surface area contributed by atoms with Crippen LogP contribution in [0.4, 0.5) is 5.69 Å². The molecule has 0 fully saturated rings. The maximum Gasteiger partial charge on any atom is 0.264 e. The van der Waals surface area contributed by atoms with Gasteiger partial charge in [0, 0.05) is 38.6 Å². The number of benzene rings is 1. The van der Waals surface area contributed by atoms with Gasteiger partial charge in [0.15, 0.2) is 0 Å². The minimum atomic E-state index is -3.86. The number of β-amino-alcohol motifs (C(OH)–C–C–N with tert-alkyl or cyclic N) is 1. The first kappa shape index (κ1) is 21.2. The molecule has 0 atom stereocenters. The topological polar surface area (TPSA) is 81.1 Å². The van der Waals surface area contributed by atoms with Crippen molar-refractivity contribution in [3.8, 4) is 0 Å². The van der Waals surface area contributed by atoms with Crippen molar-refractivity contribution in [2.24, 2.45) is 0 Å². The van der Waals surface area contributed by atoms with Gasteiger partial charge in [-0.15, -0.1) is 0 Å². The predicted molar refractivity (Wildman–Crippen MR) is 110 cm³/mol. The van der Waals surface area contributed by atoms with Crippen molar-refractivity contribution in [2.75, 3.05) is 43.9 Å². The van der Waals surface area contributed by atoms with Crippen LogP contribution in [0.15, 0.2) is 54.3 Å². The molecule has 1 aliphatic rings. The van der Waals surface area contributed by atoms with E-state index >= 15 is 0 Å². The molecule has 0 saturated carbocycles. The first-order valence-corrected chi connectivity index (χ1v) is 10.7. The molecule has 0 aliphatic carbocycles. The number of unbranched alkanes of at least 4 members (excludes halogenated alkanes) is 1. The van der Waals surface area contributed by atoms with Gasteiger partial charge in [-0.3, -0.25) is 4.55 Å². The number of aliphatic hydroxyl groups excluding tert-OH is 1. The quantitative estimate of drug-likeness (QED) is 0.470. The number of hydrogen-bond acceptors (Lipinski definition) is 5. The van der Waals surface area contributed by atoms with Crippen molar-refractivity contribution in [2.45, 2.75) is 12.8 Å². The van der Waals surface area contributed by atoms with Crippen LogP contribution in [0.5, 0.6) is 0 Å². The van der Waals surface area contributed by atoms with E-state index in [1.54, 1.807) is 0 Å². The van der Waals surface area contributed by atoms with E-state index in [0.717, 1.165) is 29.9 Å². The highest BCUT2D eigenvalue weighted by molar-refractivity contribution is 7.85. The lowest BCUT2D eigenvalue weighted by molar-refractivity contribution is 0.244. The molecule has 1 heterocycles. The van der Waals surface area contributed by atoms with E-state index in [9.17, 15) is 8.42 Å². The highest BCUT2D eigenvalue weighted by atomic mass is 32.2. The largest absolute Gasteiger partial charge is 0.395 e. The number of nitrogens with zero attached hydrogens (tertiary/aromatic N) is 2. The Morgan fingerprint density at radius 2 is 1.93 bits per heavy atom. The molecule has 2 rings (SSSR count). The average molecular weight is 393 g/mol. The summed E-state index contributed by atoms with van der Waals surface area (Å²) in [6.07, 6.45) is 11.4.